The minimum atomic E-state index is 0.0730. The van der Waals surface area contributed by atoms with Gasteiger partial charge in [0, 0.05) is 50.4 Å². The minimum Gasteiger partial charge on any atom is -0.497 e. The van der Waals surface area contributed by atoms with Gasteiger partial charge in [0.25, 0.3) is 5.91 Å². The zero-order chi connectivity index (χ0) is 21.1. The lowest BCUT2D eigenvalue weighted by molar-refractivity contribution is -0.127. The van der Waals surface area contributed by atoms with E-state index in [0.29, 0.717) is 0 Å². The first-order valence-corrected chi connectivity index (χ1v) is 11.3. The maximum Gasteiger partial charge on any atom is 0.253 e. The second kappa shape index (κ2) is 8.94. The number of methoxy groups -OCH3 is 1. The van der Waals surface area contributed by atoms with Gasteiger partial charge in [-0.05, 0) is 62.8 Å². The number of nitrogens with one attached hydrogen (secondary N) is 1. The Labute approximate surface area is 180 Å². The summed E-state index contributed by atoms with van der Waals surface area (Å²) in [5, 5.41) is 3.34. The van der Waals surface area contributed by atoms with E-state index >= 15 is 0 Å². The fraction of sp³-hybridized carbons (Fsp3) is 0.560. The number of amides is 1. The molecule has 1 aromatic rings. The highest BCUT2D eigenvalue weighted by atomic mass is 16.5. The van der Waals surface area contributed by atoms with Gasteiger partial charge in [0.1, 0.15) is 5.75 Å². The van der Waals surface area contributed by atoms with Crippen LogP contribution in [-0.2, 0) is 11.2 Å². The van der Waals surface area contributed by atoms with Crippen LogP contribution in [0.2, 0.25) is 0 Å². The number of aryl methyl sites for hydroxylation is 1. The van der Waals surface area contributed by atoms with Crippen molar-refractivity contribution in [1.29, 1.82) is 0 Å². The first-order valence-electron chi connectivity index (χ1n) is 11.3. The molecule has 1 fully saturated rings. The first kappa shape index (κ1) is 21.1. The van der Waals surface area contributed by atoms with Gasteiger partial charge in [-0.25, -0.2) is 0 Å². The van der Waals surface area contributed by atoms with E-state index in [0.717, 1.165) is 76.3 Å². The summed E-state index contributed by atoms with van der Waals surface area (Å²) in [7, 11) is 1.72. The van der Waals surface area contributed by atoms with E-state index in [4.69, 9.17) is 4.74 Å². The molecule has 0 radical (unpaired) electrons. The van der Waals surface area contributed by atoms with Gasteiger partial charge in [-0.1, -0.05) is 23.8 Å². The van der Waals surface area contributed by atoms with Crippen molar-refractivity contribution in [3.05, 3.63) is 52.6 Å². The second-order valence-electron chi connectivity index (χ2n) is 9.30. The Bertz CT molecular complexity index is 850. The van der Waals surface area contributed by atoms with E-state index in [1.807, 2.05) is 11.0 Å². The molecule has 30 heavy (non-hydrogen) atoms. The summed E-state index contributed by atoms with van der Waals surface area (Å²) in [6.45, 7) is 9.99. The van der Waals surface area contributed by atoms with Crippen LogP contribution in [0, 0.1) is 0 Å². The van der Waals surface area contributed by atoms with Gasteiger partial charge < -0.3 is 15.0 Å². The molecule has 0 saturated carbocycles. The van der Waals surface area contributed by atoms with E-state index in [-0.39, 0.29) is 11.4 Å². The molecule has 5 nitrogen and oxygen atoms in total. The molecule has 0 spiro atoms. The Hall–Kier alpha value is -2.11. The molecule has 0 bridgehead atoms. The third kappa shape index (κ3) is 4.47. The summed E-state index contributed by atoms with van der Waals surface area (Å²) < 4.78 is 5.37. The monoisotopic (exact) mass is 409 g/mol. The Morgan fingerprint density at radius 2 is 2.00 bits per heavy atom. The van der Waals surface area contributed by atoms with Gasteiger partial charge in [0.15, 0.2) is 0 Å². The predicted octanol–water partition coefficient (Wildman–Crippen LogP) is 3.17. The molecule has 2 heterocycles. The number of rotatable bonds is 6. The lowest BCUT2D eigenvalue weighted by atomic mass is 9.92. The quantitative estimate of drug-likeness (QED) is 0.784. The maximum atomic E-state index is 13.2. The zero-order valence-electron chi connectivity index (χ0n) is 18.7. The summed E-state index contributed by atoms with van der Waals surface area (Å²) in [5.74, 6) is 1.16. The number of allylic oxidation sites excluding steroid dienone is 1. The van der Waals surface area contributed by atoms with Gasteiger partial charge >= 0.3 is 0 Å². The van der Waals surface area contributed by atoms with Gasteiger partial charge in [-0.2, -0.15) is 0 Å². The van der Waals surface area contributed by atoms with Crippen molar-refractivity contribution >= 4 is 5.91 Å². The lowest BCUT2D eigenvalue weighted by Gasteiger charge is -2.36. The fourth-order valence-electron chi connectivity index (χ4n) is 4.82. The van der Waals surface area contributed by atoms with Crippen molar-refractivity contribution in [2.75, 3.05) is 46.4 Å². The van der Waals surface area contributed by atoms with Gasteiger partial charge in [0.05, 0.1) is 7.11 Å². The average Bonchev–Trinajstić information content (AvgIpc) is 3.23. The predicted molar refractivity (Wildman–Crippen MR) is 121 cm³/mol. The average molecular weight is 410 g/mol. The van der Waals surface area contributed by atoms with Crippen LogP contribution < -0.4 is 10.1 Å². The smallest absolute Gasteiger partial charge is 0.253 e. The molecule has 0 unspecified atom stereocenters. The fourth-order valence-corrected chi connectivity index (χ4v) is 4.82. The zero-order valence-corrected chi connectivity index (χ0v) is 18.7. The summed E-state index contributed by atoms with van der Waals surface area (Å²) in [4.78, 5) is 17.8. The molecule has 0 atom stereocenters. The van der Waals surface area contributed by atoms with Crippen molar-refractivity contribution in [1.82, 2.24) is 15.1 Å². The standard InChI is InChI=1S/C25H35N3O2/c1-25(2,11-10-19-6-4-8-21(16-19)30-3)28-17-20-7-5-9-22(23(20)18-28)24(29)27-14-12-26-13-15-27/h4,6,8-9,16,26H,5,7,10-15,17-18H2,1-3H3. The number of piperazine rings is 1. The molecule has 3 aliphatic rings. The number of carbonyl (C=O) groups excluding carboxylic acids is 1. The van der Waals surface area contributed by atoms with Crippen molar-refractivity contribution in [3.8, 4) is 5.75 Å². The molecule has 4 rings (SSSR count). The Morgan fingerprint density at radius 1 is 1.20 bits per heavy atom. The largest absolute Gasteiger partial charge is 0.497 e. The Balaban J connectivity index is 1.41. The normalized spacial score (nSPS) is 20.2. The Morgan fingerprint density at radius 3 is 2.77 bits per heavy atom. The highest BCUT2D eigenvalue weighted by Gasteiger charge is 2.37. The van der Waals surface area contributed by atoms with Crippen LogP contribution in [0.25, 0.3) is 0 Å². The highest BCUT2D eigenvalue weighted by Crippen LogP contribution is 2.37. The molecule has 162 valence electrons. The van der Waals surface area contributed by atoms with E-state index in [9.17, 15) is 4.79 Å². The molecule has 2 aliphatic heterocycles. The lowest BCUT2D eigenvalue weighted by Crippen LogP contribution is -2.47. The molecule has 1 saturated heterocycles. The van der Waals surface area contributed by atoms with Crippen LogP contribution >= 0.6 is 0 Å². The van der Waals surface area contributed by atoms with Crippen LogP contribution in [0.5, 0.6) is 5.75 Å². The maximum absolute atomic E-state index is 13.2. The van der Waals surface area contributed by atoms with E-state index in [1.165, 1.54) is 16.7 Å². The van der Waals surface area contributed by atoms with Crippen LogP contribution in [0.4, 0.5) is 0 Å². The second-order valence-corrected chi connectivity index (χ2v) is 9.30. The molecule has 1 amide bonds. The molecule has 5 heteroatoms. The number of ether oxygens (including phenoxy) is 1. The van der Waals surface area contributed by atoms with Crippen molar-refractivity contribution in [3.63, 3.8) is 0 Å². The van der Waals surface area contributed by atoms with E-state index in [1.54, 1.807) is 7.11 Å². The molecule has 1 aromatic carbocycles. The summed E-state index contributed by atoms with van der Waals surface area (Å²) >= 11 is 0. The van der Waals surface area contributed by atoms with E-state index in [2.05, 4.69) is 48.3 Å². The minimum absolute atomic E-state index is 0.0730. The van der Waals surface area contributed by atoms with Crippen molar-refractivity contribution < 1.29 is 9.53 Å². The number of carbonyl (C=O) groups is 1. The van der Waals surface area contributed by atoms with Crippen molar-refractivity contribution in [2.45, 2.75) is 45.1 Å². The summed E-state index contributed by atoms with van der Waals surface area (Å²) in [6, 6.07) is 8.38. The molecule has 1 aliphatic carbocycles. The van der Waals surface area contributed by atoms with Crippen LogP contribution in [0.3, 0.4) is 0 Å². The molecule has 0 aromatic heterocycles. The number of nitrogens with zero attached hydrogens (tertiary/aromatic N) is 2. The van der Waals surface area contributed by atoms with Crippen LogP contribution in [0.15, 0.2) is 47.1 Å². The van der Waals surface area contributed by atoms with Gasteiger partial charge in [-0.3, -0.25) is 9.69 Å². The van der Waals surface area contributed by atoms with Crippen LogP contribution in [0.1, 0.15) is 38.7 Å². The number of hydrogen-bond acceptors (Lipinski definition) is 4. The van der Waals surface area contributed by atoms with Gasteiger partial charge in [-0.15, -0.1) is 0 Å². The number of hydrogen-bond donors (Lipinski definition) is 1. The summed E-state index contributed by atoms with van der Waals surface area (Å²) in [5.41, 5.74) is 5.15. The Kier molecular flexibility index (Phi) is 6.30. The van der Waals surface area contributed by atoms with E-state index < -0.39 is 0 Å². The van der Waals surface area contributed by atoms with Crippen molar-refractivity contribution in [2.24, 2.45) is 0 Å². The third-order valence-electron chi connectivity index (χ3n) is 6.93. The third-order valence-corrected chi connectivity index (χ3v) is 6.93. The first-order chi connectivity index (χ1) is 14.5. The molecule has 1 N–H and O–H groups in total. The molecular weight excluding hydrogens is 374 g/mol. The molecular formula is C25H35N3O2. The topological polar surface area (TPSA) is 44.8 Å². The van der Waals surface area contributed by atoms with Crippen LogP contribution in [-0.4, -0.2) is 67.6 Å². The highest BCUT2D eigenvalue weighted by molar-refractivity contribution is 5.98. The van der Waals surface area contributed by atoms with Gasteiger partial charge in [0.2, 0.25) is 0 Å². The number of benzene rings is 1. The SMILES string of the molecule is COc1cccc(CCC(C)(C)N2CC3=C(C2)C(C(=O)N2CCNCC2)=CCC3)c1. The summed E-state index contributed by atoms with van der Waals surface area (Å²) in [6.07, 6.45) is 6.37.